The third kappa shape index (κ3) is 18.4. The van der Waals surface area contributed by atoms with Crippen molar-refractivity contribution in [3.63, 3.8) is 0 Å². The summed E-state index contributed by atoms with van der Waals surface area (Å²) in [5, 5.41) is 14.1. The minimum atomic E-state index is -1.14. The number of carboxylic acid groups (broad SMARTS) is 1. The fraction of sp³-hybridized carbons (Fsp3) is 0.667. The van der Waals surface area contributed by atoms with Gasteiger partial charge >= 0.3 is 18.2 Å². The highest BCUT2D eigenvalue weighted by Crippen LogP contribution is 2.12. The number of amides is 2. The molecule has 2 amide bonds. The van der Waals surface area contributed by atoms with Crippen molar-refractivity contribution in [3.8, 4) is 0 Å². The first kappa shape index (κ1) is 33.0. The van der Waals surface area contributed by atoms with Gasteiger partial charge in [0, 0.05) is 17.8 Å². The van der Waals surface area contributed by atoms with Gasteiger partial charge in [0.2, 0.25) is 0 Å². The molecule has 0 bridgehead atoms. The van der Waals surface area contributed by atoms with Crippen LogP contribution in [0.2, 0.25) is 0 Å². The van der Waals surface area contributed by atoms with Gasteiger partial charge in [-0.25, -0.2) is 14.4 Å². The van der Waals surface area contributed by atoms with E-state index >= 15 is 0 Å². The van der Waals surface area contributed by atoms with Crippen LogP contribution in [0.3, 0.4) is 0 Å². The Balaban J connectivity index is 0.00000131. The van der Waals surface area contributed by atoms with Crippen molar-refractivity contribution < 1.29 is 29.0 Å². The van der Waals surface area contributed by atoms with Crippen LogP contribution in [0.25, 0.3) is 0 Å². The highest BCUT2D eigenvalue weighted by Gasteiger charge is 2.23. The third-order valence-corrected chi connectivity index (χ3v) is 4.91. The summed E-state index contributed by atoms with van der Waals surface area (Å²) in [4.78, 5) is 34.6. The molecule has 0 aromatic heterocycles. The van der Waals surface area contributed by atoms with Gasteiger partial charge in [-0.2, -0.15) is 0 Å². The highest BCUT2D eigenvalue weighted by molar-refractivity contribution is 5.79. The van der Waals surface area contributed by atoms with Crippen molar-refractivity contribution in [3.05, 3.63) is 29.8 Å². The Kier molecular flexibility index (Phi) is 16.0. The fourth-order valence-electron chi connectivity index (χ4n) is 2.90. The Labute approximate surface area is 216 Å². The Morgan fingerprint density at radius 2 is 1.53 bits per heavy atom. The second-order valence-corrected chi connectivity index (χ2v) is 10.6. The largest absolute Gasteiger partial charge is 0.480 e. The normalized spacial score (nSPS) is 11.8. The number of carbonyl (C=O) groups is 3. The van der Waals surface area contributed by atoms with Crippen molar-refractivity contribution in [2.45, 2.75) is 98.8 Å². The van der Waals surface area contributed by atoms with Gasteiger partial charge < -0.3 is 30.9 Å². The Bertz CT molecular complexity index is 782. The van der Waals surface area contributed by atoms with E-state index < -0.39 is 29.8 Å². The molecule has 0 fully saturated rings. The molecule has 0 aliphatic heterocycles. The standard InChI is InChI=1S/C19H29N3O6.C8H18/c1-19(2,3)28-18(26)22-15(16(23)24)10-6-7-11-21-17(25)27-12-13-8-4-5-9-14(13)20;1-7(2)5-6-8(3)4/h4-5,8-9,15H,6-7,10-12,20H2,1-3H3,(H,21,25)(H,22,26)(H,23,24);7-8H,5-6H2,1-4H3. The van der Waals surface area contributed by atoms with E-state index in [-0.39, 0.29) is 13.0 Å². The number of hydrogen-bond donors (Lipinski definition) is 4. The van der Waals surface area contributed by atoms with E-state index in [0.717, 1.165) is 17.4 Å². The topological polar surface area (TPSA) is 140 Å². The molecule has 0 spiro atoms. The number of aliphatic carboxylic acids is 1. The molecular formula is C27H47N3O6. The lowest BCUT2D eigenvalue weighted by Gasteiger charge is -2.22. The summed E-state index contributed by atoms with van der Waals surface area (Å²) >= 11 is 0. The smallest absolute Gasteiger partial charge is 0.408 e. The number of anilines is 1. The molecular weight excluding hydrogens is 462 g/mol. The monoisotopic (exact) mass is 509 g/mol. The van der Waals surface area contributed by atoms with Crippen molar-refractivity contribution in [1.29, 1.82) is 0 Å². The molecule has 9 nitrogen and oxygen atoms in total. The minimum absolute atomic E-state index is 0.0689. The maximum Gasteiger partial charge on any atom is 0.408 e. The second kappa shape index (κ2) is 17.5. The second-order valence-electron chi connectivity index (χ2n) is 10.6. The molecule has 36 heavy (non-hydrogen) atoms. The molecule has 0 heterocycles. The molecule has 1 atom stereocenters. The molecule has 0 radical (unpaired) electrons. The summed E-state index contributed by atoms with van der Waals surface area (Å²) in [6.45, 7) is 14.6. The lowest BCUT2D eigenvalue weighted by Crippen LogP contribution is -2.43. The van der Waals surface area contributed by atoms with E-state index in [0.29, 0.717) is 25.1 Å². The number of para-hydroxylation sites is 1. The van der Waals surface area contributed by atoms with Crippen LogP contribution in [0.5, 0.6) is 0 Å². The first-order valence-electron chi connectivity index (χ1n) is 12.7. The molecule has 0 aliphatic carbocycles. The van der Waals surface area contributed by atoms with E-state index in [1.807, 2.05) is 0 Å². The first-order chi connectivity index (χ1) is 16.7. The van der Waals surface area contributed by atoms with Gasteiger partial charge in [0.15, 0.2) is 0 Å². The Morgan fingerprint density at radius 1 is 0.944 bits per heavy atom. The van der Waals surface area contributed by atoms with Gasteiger partial charge in [-0.05, 0) is 57.9 Å². The van der Waals surface area contributed by atoms with Gasteiger partial charge in [-0.15, -0.1) is 0 Å². The number of carbonyl (C=O) groups excluding carboxylic acids is 2. The van der Waals surface area contributed by atoms with Gasteiger partial charge in [-0.3, -0.25) is 0 Å². The number of alkyl carbamates (subject to hydrolysis) is 2. The van der Waals surface area contributed by atoms with Crippen LogP contribution >= 0.6 is 0 Å². The summed E-state index contributed by atoms with van der Waals surface area (Å²) in [5.74, 6) is 0.633. The minimum Gasteiger partial charge on any atom is -0.480 e. The van der Waals surface area contributed by atoms with Gasteiger partial charge in [0.05, 0.1) is 0 Å². The lowest BCUT2D eigenvalue weighted by atomic mass is 10.0. The van der Waals surface area contributed by atoms with E-state index in [4.69, 9.17) is 15.2 Å². The van der Waals surface area contributed by atoms with Crippen molar-refractivity contribution in [1.82, 2.24) is 10.6 Å². The van der Waals surface area contributed by atoms with Crippen LogP contribution in [0.1, 0.15) is 86.1 Å². The third-order valence-electron chi connectivity index (χ3n) is 4.91. The number of hydrogen-bond acceptors (Lipinski definition) is 6. The van der Waals surface area contributed by atoms with E-state index in [9.17, 15) is 19.5 Å². The maximum atomic E-state index is 11.7. The van der Waals surface area contributed by atoms with Crippen LogP contribution in [0, 0.1) is 11.8 Å². The number of benzene rings is 1. The predicted molar refractivity (Wildman–Crippen MR) is 143 cm³/mol. The highest BCUT2D eigenvalue weighted by atomic mass is 16.6. The van der Waals surface area contributed by atoms with Crippen molar-refractivity contribution in [2.75, 3.05) is 12.3 Å². The van der Waals surface area contributed by atoms with E-state index in [1.54, 1.807) is 45.0 Å². The quantitative estimate of drug-likeness (QED) is 0.209. The molecule has 0 saturated carbocycles. The van der Waals surface area contributed by atoms with Crippen molar-refractivity contribution in [2.24, 2.45) is 11.8 Å². The summed E-state index contributed by atoms with van der Waals surface area (Å²) in [5.41, 5.74) is 6.33. The molecule has 206 valence electrons. The number of nitrogen functional groups attached to an aromatic ring is 1. The Hall–Kier alpha value is -2.97. The van der Waals surface area contributed by atoms with Crippen LogP contribution in [-0.4, -0.2) is 41.4 Å². The zero-order valence-electron chi connectivity index (χ0n) is 23.1. The zero-order chi connectivity index (χ0) is 27.7. The van der Waals surface area contributed by atoms with E-state index in [2.05, 4.69) is 38.3 Å². The van der Waals surface area contributed by atoms with Gasteiger partial charge in [0.1, 0.15) is 18.2 Å². The zero-order valence-corrected chi connectivity index (χ0v) is 23.1. The van der Waals surface area contributed by atoms with Crippen LogP contribution < -0.4 is 16.4 Å². The average molecular weight is 510 g/mol. The first-order valence-corrected chi connectivity index (χ1v) is 12.7. The maximum absolute atomic E-state index is 11.7. The number of nitrogens with one attached hydrogen (secondary N) is 2. The average Bonchev–Trinajstić information content (AvgIpc) is 2.75. The number of nitrogens with two attached hydrogens (primary N) is 1. The summed E-state index contributed by atoms with van der Waals surface area (Å²) < 4.78 is 10.1. The van der Waals surface area contributed by atoms with Crippen molar-refractivity contribution >= 4 is 23.8 Å². The molecule has 5 N–H and O–H groups in total. The SMILES string of the molecule is CC(C)(C)OC(=O)NC(CCCCNC(=O)OCc1ccccc1N)C(=O)O.CC(C)CCC(C)C. The van der Waals surface area contributed by atoms with E-state index in [1.165, 1.54) is 12.8 Å². The lowest BCUT2D eigenvalue weighted by molar-refractivity contribution is -0.139. The predicted octanol–water partition coefficient (Wildman–Crippen LogP) is 5.72. The summed E-state index contributed by atoms with van der Waals surface area (Å²) in [7, 11) is 0. The molecule has 9 heteroatoms. The molecule has 1 aromatic carbocycles. The number of carboxylic acids is 1. The number of rotatable bonds is 12. The number of unbranched alkanes of at least 4 members (excludes halogenated alkanes) is 1. The molecule has 0 saturated heterocycles. The Morgan fingerprint density at radius 3 is 2.03 bits per heavy atom. The number of ether oxygens (including phenoxy) is 2. The molecule has 1 unspecified atom stereocenters. The van der Waals surface area contributed by atoms with Gasteiger partial charge in [0.25, 0.3) is 0 Å². The fourth-order valence-corrected chi connectivity index (χ4v) is 2.90. The summed E-state index contributed by atoms with van der Waals surface area (Å²) in [6.07, 6.45) is 2.65. The summed E-state index contributed by atoms with van der Waals surface area (Å²) in [6, 6.07) is 6.04. The van der Waals surface area contributed by atoms with Crippen LogP contribution in [0.4, 0.5) is 15.3 Å². The molecule has 0 aliphatic rings. The van der Waals surface area contributed by atoms with Crippen LogP contribution in [0.15, 0.2) is 24.3 Å². The molecule has 1 aromatic rings. The van der Waals surface area contributed by atoms with Crippen LogP contribution in [-0.2, 0) is 20.9 Å². The van der Waals surface area contributed by atoms with Gasteiger partial charge in [-0.1, -0.05) is 58.7 Å². The molecule has 1 rings (SSSR count).